The van der Waals surface area contributed by atoms with Gasteiger partial charge in [-0.2, -0.15) is 5.10 Å². The Morgan fingerprint density at radius 3 is 3.18 bits per heavy atom. The number of benzene rings is 1. The van der Waals surface area contributed by atoms with E-state index in [0.717, 1.165) is 16.6 Å². The molecule has 1 aromatic heterocycles. The molecule has 0 aliphatic heterocycles. The molecule has 0 aliphatic carbocycles. The van der Waals surface area contributed by atoms with Crippen molar-refractivity contribution in [2.24, 2.45) is 7.05 Å². The van der Waals surface area contributed by atoms with Crippen LogP contribution < -0.4 is 0 Å². The normalized spacial score (nSPS) is 12.0. The molecule has 0 fully saturated rings. The van der Waals surface area contributed by atoms with Gasteiger partial charge in [0, 0.05) is 12.4 Å². The molecule has 0 saturated carbocycles. The summed E-state index contributed by atoms with van der Waals surface area (Å²) >= 11 is 0. The van der Waals surface area contributed by atoms with Crippen LogP contribution in [0.15, 0.2) is 24.2 Å². The van der Waals surface area contributed by atoms with Crippen molar-refractivity contribution in [2.75, 3.05) is 0 Å². The SMILES string of the molecule is [3H]c1ccc2c(c1)c(C)nn2C. The molecule has 1 heterocycles. The van der Waals surface area contributed by atoms with Crippen molar-refractivity contribution in [3.63, 3.8) is 0 Å². The van der Waals surface area contributed by atoms with Gasteiger partial charge in [-0.1, -0.05) is 18.2 Å². The minimum atomic E-state index is 0.540. The Morgan fingerprint density at radius 2 is 2.36 bits per heavy atom. The van der Waals surface area contributed by atoms with Gasteiger partial charge >= 0.3 is 0 Å². The number of fused-ring (bicyclic) bond motifs is 1. The lowest BCUT2D eigenvalue weighted by Crippen LogP contribution is -1.88. The van der Waals surface area contributed by atoms with Crippen molar-refractivity contribution in [3.8, 4) is 0 Å². The predicted octanol–water partition coefficient (Wildman–Crippen LogP) is 1.88. The third kappa shape index (κ3) is 0.827. The van der Waals surface area contributed by atoms with Crippen LogP contribution in [0.3, 0.4) is 0 Å². The van der Waals surface area contributed by atoms with Gasteiger partial charge < -0.3 is 0 Å². The first-order valence-electron chi connectivity index (χ1n) is 4.08. The fourth-order valence-corrected chi connectivity index (χ4v) is 1.33. The summed E-state index contributed by atoms with van der Waals surface area (Å²) in [5.74, 6) is 0. The van der Waals surface area contributed by atoms with E-state index in [4.69, 9.17) is 1.37 Å². The molecule has 11 heavy (non-hydrogen) atoms. The van der Waals surface area contributed by atoms with E-state index in [1.165, 1.54) is 0 Å². The van der Waals surface area contributed by atoms with E-state index < -0.39 is 0 Å². The van der Waals surface area contributed by atoms with Crippen LogP contribution in [-0.4, -0.2) is 9.78 Å². The molecule has 1 aromatic carbocycles. The second-order valence-corrected chi connectivity index (χ2v) is 2.65. The molecular formula is C9H10N2. The van der Waals surface area contributed by atoms with Gasteiger partial charge in [0.1, 0.15) is 0 Å². The zero-order chi connectivity index (χ0) is 8.72. The first kappa shape index (κ1) is 5.35. The number of nitrogens with zero attached hydrogens (tertiary/aromatic N) is 2. The third-order valence-corrected chi connectivity index (χ3v) is 1.88. The van der Waals surface area contributed by atoms with Crippen molar-refractivity contribution in [2.45, 2.75) is 6.92 Å². The largest absolute Gasteiger partial charge is 0.268 e. The molecule has 0 unspecified atom stereocenters. The third-order valence-electron chi connectivity index (χ3n) is 1.88. The quantitative estimate of drug-likeness (QED) is 0.557. The monoisotopic (exact) mass is 148 g/mol. The maximum Gasteiger partial charge on any atom is 0.0681 e. The van der Waals surface area contributed by atoms with Crippen molar-refractivity contribution in [1.29, 1.82) is 0 Å². The fraction of sp³-hybridized carbons (Fsp3) is 0.222. The van der Waals surface area contributed by atoms with Crippen LogP contribution in [0.1, 0.15) is 7.06 Å². The van der Waals surface area contributed by atoms with Crippen LogP contribution in [0, 0.1) is 6.92 Å². The molecule has 0 atom stereocenters. The molecule has 0 aliphatic rings. The highest BCUT2D eigenvalue weighted by Gasteiger charge is 2.00. The Bertz CT molecular complexity index is 431. The molecule has 56 valence electrons. The topological polar surface area (TPSA) is 17.8 Å². The van der Waals surface area contributed by atoms with E-state index in [-0.39, 0.29) is 0 Å². The van der Waals surface area contributed by atoms with Gasteiger partial charge in [0.25, 0.3) is 0 Å². The fourth-order valence-electron chi connectivity index (χ4n) is 1.33. The summed E-state index contributed by atoms with van der Waals surface area (Å²) in [5, 5.41) is 5.34. The Hall–Kier alpha value is -1.31. The van der Waals surface area contributed by atoms with E-state index in [1.807, 2.05) is 30.8 Å². The smallest absolute Gasteiger partial charge is 0.0681 e. The summed E-state index contributed by atoms with van der Waals surface area (Å²) in [5.41, 5.74) is 2.07. The Kier molecular flexibility index (Phi) is 1.02. The summed E-state index contributed by atoms with van der Waals surface area (Å²) in [6.07, 6.45) is 0. The first-order valence-corrected chi connectivity index (χ1v) is 3.58. The number of para-hydroxylation sites is 1. The minimum Gasteiger partial charge on any atom is -0.268 e. The average molecular weight is 148 g/mol. The number of hydrogen-bond acceptors (Lipinski definition) is 1. The summed E-state index contributed by atoms with van der Waals surface area (Å²) < 4.78 is 9.28. The highest BCUT2D eigenvalue weighted by molar-refractivity contribution is 5.81. The number of hydrogen-bond donors (Lipinski definition) is 0. The molecule has 0 saturated heterocycles. The van der Waals surface area contributed by atoms with Crippen molar-refractivity contribution in [1.82, 2.24) is 9.78 Å². The lowest BCUT2D eigenvalue weighted by Gasteiger charge is -1.90. The Morgan fingerprint density at radius 1 is 1.55 bits per heavy atom. The van der Waals surface area contributed by atoms with Gasteiger partial charge in [-0.25, -0.2) is 0 Å². The molecule has 0 N–H and O–H groups in total. The highest BCUT2D eigenvalue weighted by Crippen LogP contribution is 2.15. The van der Waals surface area contributed by atoms with E-state index >= 15 is 0 Å². The maximum atomic E-state index is 7.45. The Labute approximate surface area is 66.9 Å². The first-order chi connectivity index (χ1) is 5.68. The van der Waals surface area contributed by atoms with Crippen LogP contribution >= 0.6 is 0 Å². The zero-order valence-corrected chi connectivity index (χ0v) is 6.63. The molecular weight excluding hydrogens is 136 g/mol. The number of aryl methyl sites for hydroxylation is 2. The van der Waals surface area contributed by atoms with Crippen LogP contribution in [0.5, 0.6) is 0 Å². The standard InChI is InChI=1S/C9H10N2/c1-7-8-5-3-4-6-9(8)11(2)10-7/h3-6H,1-2H3/i3T. The van der Waals surface area contributed by atoms with Gasteiger partial charge in [-0.15, -0.1) is 0 Å². The van der Waals surface area contributed by atoms with Gasteiger partial charge in [-0.05, 0) is 13.0 Å². The van der Waals surface area contributed by atoms with E-state index in [9.17, 15) is 0 Å². The molecule has 0 bridgehead atoms. The van der Waals surface area contributed by atoms with E-state index in [1.54, 1.807) is 6.07 Å². The van der Waals surface area contributed by atoms with E-state index in [2.05, 4.69) is 5.10 Å². The molecule has 0 spiro atoms. The van der Waals surface area contributed by atoms with E-state index in [0.29, 0.717) is 6.04 Å². The van der Waals surface area contributed by atoms with Crippen LogP contribution in [0.2, 0.25) is 0 Å². The second kappa shape index (κ2) is 2.09. The molecule has 0 amide bonds. The summed E-state index contributed by atoms with van der Waals surface area (Å²) in [4.78, 5) is 0. The number of rotatable bonds is 0. The van der Waals surface area contributed by atoms with Crippen molar-refractivity contribution >= 4 is 10.9 Å². The maximum absolute atomic E-state index is 7.45. The van der Waals surface area contributed by atoms with Crippen LogP contribution in [0.4, 0.5) is 0 Å². The van der Waals surface area contributed by atoms with Gasteiger partial charge in [0.2, 0.25) is 0 Å². The lowest BCUT2D eigenvalue weighted by atomic mass is 10.2. The number of aromatic nitrogens is 2. The van der Waals surface area contributed by atoms with Gasteiger partial charge in [0.05, 0.1) is 12.6 Å². The average Bonchev–Trinajstić information content (AvgIpc) is 2.28. The predicted molar refractivity (Wildman–Crippen MR) is 45.5 cm³/mol. The summed E-state index contributed by atoms with van der Waals surface area (Å²) in [6, 6.07) is 6.09. The summed E-state index contributed by atoms with van der Waals surface area (Å²) in [6.45, 7) is 1.96. The minimum absolute atomic E-state index is 0.540. The second-order valence-electron chi connectivity index (χ2n) is 2.65. The molecule has 2 heteroatoms. The zero-order valence-electron chi connectivity index (χ0n) is 7.63. The van der Waals surface area contributed by atoms with Gasteiger partial charge in [0.15, 0.2) is 0 Å². The van der Waals surface area contributed by atoms with Crippen LogP contribution in [0.25, 0.3) is 10.9 Å². The lowest BCUT2D eigenvalue weighted by molar-refractivity contribution is 0.783. The van der Waals surface area contributed by atoms with Crippen molar-refractivity contribution < 1.29 is 1.37 Å². The molecule has 2 nitrogen and oxygen atoms in total. The summed E-state index contributed by atoms with van der Waals surface area (Å²) in [7, 11) is 1.92. The van der Waals surface area contributed by atoms with Gasteiger partial charge in [-0.3, -0.25) is 4.68 Å². The van der Waals surface area contributed by atoms with Crippen molar-refractivity contribution in [3.05, 3.63) is 29.9 Å². The Balaban J connectivity index is 2.90. The molecule has 2 rings (SSSR count). The highest BCUT2D eigenvalue weighted by atomic mass is 15.3. The van der Waals surface area contributed by atoms with Crippen LogP contribution in [-0.2, 0) is 7.05 Å². The molecule has 2 aromatic rings. The molecule has 0 radical (unpaired) electrons.